The van der Waals surface area contributed by atoms with Gasteiger partial charge < -0.3 is 24.0 Å². The largest absolute Gasteiger partial charge is 1.00 e. The maximum atomic E-state index is 6.29. The topological polar surface area (TPSA) is 8.81 Å². The van der Waals surface area contributed by atoms with Crippen LogP contribution in [-0.4, -0.2) is 4.57 Å². The highest BCUT2D eigenvalue weighted by Gasteiger charge is 2.22. The fourth-order valence-electron chi connectivity index (χ4n) is 3.38. The number of hydrogen-bond donors (Lipinski definition) is 0. The zero-order chi connectivity index (χ0) is 17.5. The molecule has 0 atom stereocenters. The van der Waals surface area contributed by atoms with Crippen LogP contribution in [0, 0.1) is 6.92 Å². The molecule has 2 nitrogen and oxygen atoms in total. The Bertz CT molecular complexity index is 667. The van der Waals surface area contributed by atoms with Crippen molar-refractivity contribution in [1.29, 1.82) is 0 Å². The van der Waals surface area contributed by atoms with Crippen molar-refractivity contribution in [1.82, 2.24) is 4.57 Å². The average Bonchev–Trinajstić information content (AvgIpc) is 2.81. The summed E-state index contributed by atoms with van der Waals surface area (Å²) in [6.45, 7) is 8.81. The van der Waals surface area contributed by atoms with E-state index in [0.717, 1.165) is 13.1 Å². The second-order valence-electron chi connectivity index (χ2n) is 6.73. The van der Waals surface area contributed by atoms with E-state index in [0.29, 0.717) is 10.0 Å². The number of imidazole rings is 1. The van der Waals surface area contributed by atoms with E-state index in [4.69, 9.17) is 23.2 Å². The third-order valence-corrected chi connectivity index (χ3v) is 5.57. The summed E-state index contributed by atoms with van der Waals surface area (Å²) in [5.74, 6) is 1.31. The first-order chi connectivity index (χ1) is 11.6. The fraction of sp³-hybridized carbons (Fsp3) is 0.650. The molecule has 0 aliphatic rings. The van der Waals surface area contributed by atoms with Crippen LogP contribution in [0.15, 0.2) is 12.1 Å². The molecule has 0 unspecified atom stereocenters. The number of halogens is 3. The minimum Gasteiger partial charge on any atom is -1.00 e. The Hall–Kier alpha value is -0.000000000000000111. The number of hydrogen-bond acceptors (Lipinski definition) is 0. The molecule has 142 valence electrons. The van der Waals surface area contributed by atoms with Crippen molar-refractivity contribution in [3.63, 3.8) is 0 Å². The molecule has 0 aliphatic carbocycles. The Morgan fingerprint density at radius 2 is 1.48 bits per heavy atom. The zero-order valence-corrected chi connectivity index (χ0v) is 19.4. The van der Waals surface area contributed by atoms with Crippen LogP contribution in [-0.2, 0) is 13.1 Å². The lowest BCUT2D eigenvalue weighted by Gasteiger charge is -2.02. The average molecular weight is 497 g/mol. The van der Waals surface area contributed by atoms with Crippen molar-refractivity contribution in [2.75, 3.05) is 0 Å². The van der Waals surface area contributed by atoms with Crippen LogP contribution in [0.4, 0.5) is 0 Å². The number of nitrogens with zero attached hydrogens (tertiary/aromatic N) is 2. The molecule has 1 aromatic carbocycles. The normalized spacial score (nSPS) is 11.1. The summed E-state index contributed by atoms with van der Waals surface area (Å²) < 4.78 is 4.82. The molecule has 0 spiro atoms. The van der Waals surface area contributed by atoms with Crippen molar-refractivity contribution >= 4 is 34.2 Å². The second kappa shape index (κ2) is 11.7. The Morgan fingerprint density at radius 3 is 2.16 bits per heavy atom. The standard InChI is InChI=1S/C20H31Cl2N2.HI/c1-4-6-8-9-10-11-13-24-16(3)23(12-7-5-2)19-14-17(21)18(22)15-20(19)24;/h14-15H,4-13H2,1-3H3;1H/q+1;/p-1. The molecule has 5 heteroatoms. The lowest BCUT2D eigenvalue weighted by molar-refractivity contribution is -0.678. The SMILES string of the molecule is CCCCCCCC[n+]1c(C)n(CCCC)c2cc(Cl)c(Cl)cc21.[I-]. The zero-order valence-electron chi connectivity index (χ0n) is 15.8. The van der Waals surface area contributed by atoms with E-state index in [1.165, 1.54) is 68.2 Å². The van der Waals surface area contributed by atoms with Crippen molar-refractivity contribution < 1.29 is 28.5 Å². The van der Waals surface area contributed by atoms with E-state index in [1.807, 2.05) is 12.1 Å². The van der Waals surface area contributed by atoms with Gasteiger partial charge in [-0.25, -0.2) is 9.13 Å². The number of fused-ring (bicyclic) bond motifs is 1. The molecular formula is C20H31Cl2IN2. The number of unbranched alkanes of at least 4 members (excludes halogenated alkanes) is 6. The summed E-state index contributed by atoms with van der Waals surface area (Å²) in [6.07, 6.45) is 10.3. The molecule has 0 bridgehead atoms. The van der Waals surface area contributed by atoms with Gasteiger partial charge in [-0.05, 0) is 19.3 Å². The molecule has 0 N–H and O–H groups in total. The van der Waals surface area contributed by atoms with Gasteiger partial charge in [0.1, 0.15) is 0 Å². The number of aromatic nitrogens is 2. The molecule has 2 rings (SSSR count). The highest BCUT2D eigenvalue weighted by molar-refractivity contribution is 6.42. The van der Waals surface area contributed by atoms with Crippen LogP contribution in [0.1, 0.15) is 71.0 Å². The predicted octanol–water partition coefficient (Wildman–Crippen LogP) is 3.71. The maximum absolute atomic E-state index is 6.29. The smallest absolute Gasteiger partial charge is 0.254 e. The molecule has 0 amide bonds. The van der Waals surface area contributed by atoms with E-state index in [-0.39, 0.29) is 24.0 Å². The summed E-state index contributed by atoms with van der Waals surface area (Å²) in [7, 11) is 0. The maximum Gasteiger partial charge on any atom is 0.254 e. The van der Waals surface area contributed by atoms with E-state index in [9.17, 15) is 0 Å². The minimum atomic E-state index is 0. The van der Waals surface area contributed by atoms with Gasteiger partial charge in [0, 0.05) is 19.1 Å². The Labute approximate surface area is 179 Å². The molecule has 1 heterocycles. The van der Waals surface area contributed by atoms with Crippen molar-refractivity contribution in [2.45, 2.75) is 85.2 Å². The van der Waals surface area contributed by atoms with Gasteiger partial charge in [-0.2, -0.15) is 0 Å². The molecular weight excluding hydrogens is 466 g/mol. The highest BCUT2D eigenvalue weighted by atomic mass is 127. The third kappa shape index (κ3) is 6.00. The number of aryl methyl sites for hydroxylation is 2. The molecule has 0 fully saturated rings. The first-order valence-corrected chi connectivity index (χ1v) is 10.2. The van der Waals surface area contributed by atoms with Crippen molar-refractivity contribution in [3.8, 4) is 0 Å². The van der Waals surface area contributed by atoms with Gasteiger partial charge >= 0.3 is 0 Å². The highest BCUT2D eigenvalue weighted by Crippen LogP contribution is 2.28. The summed E-state index contributed by atoms with van der Waals surface area (Å²) in [6, 6.07) is 4.06. The second-order valence-corrected chi connectivity index (χ2v) is 7.54. The van der Waals surface area contributed by atoms with Gasteiger partial charge in [0.2, 0.25) is 0 Å². The summed E-state index contributed by atoms with van der Waals surface area (Å²) in [5.41, 5.74) is 2.42. The van der Waals surface area contributed by atoms with E-state index in [1.54, 1.807) is 0 Å². The Kier molecular flexibility index (Phi) is 10.7. The van der Waals surface area contributed by atoms with E-state index >= 15 is 0 Å². The van der Waals surface area contributed by atoms with Gasteiger partial charge in [-0.3, -0.25) is 0 Å². The van der Waals surface area contributed by atoms with Crippen LogP contribution in [0.3, 0.4) is 0 Å². The molecule has 0 saturated carbocycles. The number of rotatable bonds is 10. The van der Waals surface area contributed by atoms with E-state index in [2.05, 4.69) is 29.9 Å². The van der Waals surface area contributed by atoms with Crippen molar-refractivity contribution in [2.24, 2.45) is 0 Å². The Balaban J connectivity index is 0.00000312. The predicted molar refractivity (Wildman–Crippen MR) is 105 cm³/mol. The summed E-state index contributed by atoms with van der Waals surface area (Å²) >= 11 is 12.6. The van der Waals surface area contributed by atoms with Crippen LogP contribution in [0.25, 0.3) is 11.0 Å². The van der Waals surface area contributed by atoms with Crippen LogP contribution in [0.5, 0.6) is 0 Å². The van der Waals surface area contributed by atoms with Crippen LogP contribution in [0.2, 0.25) is 10.0 Å². The van der Waals surface area contributed by atoms with Gasteiger partial charge in [-0.1, -0.05) is 69.2 Å². The molecule has 1 aromatic heterocycles. The molecule has 0 aliphatic heterocycles. The lowest BCUT2D eigenvalue weighted by Crippen LogP contribution is -3.00. The molecule has 2 aromatic rings. The fourth-order valence-corrected chi connectivity index (χ4v) is 3.70. The quantitative estimate of drug-likeness (QED) is 0.269. The van der Waals surface area contributed by atoms with Gasteiger partial charge in [0.15, 0.2) is 11.0 Å². The molecule has 25 heavy (non-hydrogen) atoms. The minimum absolute atomic E-state index is 0. The molecule has 0 saturated heterocycles. The van der Waals surface area contributed by atoms with Gasteiger partial charge in [0.05, 0.1) is 23.1 Å². The third-order valence-electron chi connectivity index (χ3n) is 4.85. The van der Waals surface area contributed by atoms with Crippen LogP contribution >= 0.6 is 23.2 Å². The monoisotopic (exact) mass is 496 g/mol. The van der Waals surface area contributed by atoms with E-state index < -0.39 is 0 Å². The van der Waals surface area contributed by atoms with Crippen molar-refractivity contribution in [3.05, 3.63) is 28.0 Å². The van der Waals surface area contributed by atoms with Gasteiger partial charge in [0.25, 0.3) is 5.82 Å². The summed E-state index contributed by atoms with van der Waals surface area (Å²) in [5, 5.41) is 1.29. The summed E-state index contributed by atoms with van der Waals surface area (Å²) in [4.78, 5) is 0. The first kappa shape index (κ1) is 23.0. The van der Waals surface area contributed by atoms with Crippen LogP contribution < -0.4 is 28.5 Å². The Morgan fingerprint density at radius 1 is 0.880 bits per heavy atom. The molecule has 0 radical (unpaired) electrons. The first-order valence-electron chi connectivity index (χ1n) is 9.47. The number of benzene rings is 1. The lowest BCUT2D eigenvalue weighted by atomic mass is 10.1. The van der Waals surface area contributed by atoms with Gasteiger partial charge in [-0.15, -0.1) is 0 Å².